The molecule has 2 nitrogen and oxygen atoms in total. The van der Waals surface area contributed by atoms with E-state index in [1.54, 1.807) is 0 Å². The van der Waals surface area contributed by atoms with E-state index in [9.17, 15) is 0 Å². The largest absolute Gasteiger partial charge is 0.366 e. The van der Waals surface area contributed by atoms with Gasteiger partial charge in [0.1, 0.15) is 0 Å². The van der Waals surface area contributed by atoms with Crippen LogP contribution in [0.3, 0.4) is 0 Å². The van der Waals surface area contributed by atoms with Gasteiger partial charge < -0.3 is 10.6 Å². The van der Waals surface area contributed by atoms with Crippen LogP contribution in [-0.4, -0.2) is 12.2 Å². The highest BCUT2D eigenvalue weighted by atomic mass is 32.1. The predicted octanol–water partition coefficient (Wildman–Crippen LogP) is 3.04. The van der Waals surface area contributed by atoms with Crippen molar-refractivity contribution < 1.29 is 0 Å². The second kappa shape index (κ2) is 6.60. The van der Waals surface area contributed by atoms with E-state index in [0.29, 0.717) is 11.0 Å². The molecule has 0 aliphatic carbocycles. The molecule has 3 heteroatoms. The van der Waals surface area contributed by atoms with E-state index in [0.717, 1.165) is 6.42 Å². The third-order valence-corrected chi connectivity index (χ3v) is 3.02. The maximum Gasteiger partial charge on any atom is 0.166 e. The molecule has 0 heterocycles. The number of hydrogen-bond acceptors (Lipinski definition) is 1. The van der Waals surface area contributed by atoms with Gasteiger partial charge in [0.2, 0.25) is 0 Å². The number of hydrogen-bond donors (Lipinski definition) is 2. The van der Waals surface area contributed by atoms with Gasteiger partial charge >= 0.3 is 0 Å². The fourth-order valence-electron chi connectivity index (χ4n) is 1.77. The number of rotatable bonds is 4. The zero-order chi connectivity index (χ0) is 12.8. The minimum absolute atomic E-state index is 0.239. The smallest absolute Gasteiger partial charge is 0.166 e. The Labute approximate surface area is 110 Å². The standard InChI is InChI=1S/C14H22N2S/c1-10(2)9-12-5-7-13(8-6-12)11(3)16-14(17)15-4/h5-8,10-11H,9H2,1-4H3,(H2,15,16,17)/t11-/m1/s1. The molecule has 0 aliphatic rings. The molecule has 0 amide bonds. The van der Waals surface area contributed by atoms with Crippen LogP contribution in [0.1, 0.15) is 37.9 Å². The van der Waals surface area contributed by atoms with Crippen molar-refractivity contribution in [2.45, 2.75) is 33.2 Å². The molecule has 0 fully saturated rings. The summed E-state index contributed by atoms with van der Waals surface area (Å²) in [7, 11) is 1.83. The summed E-state index contributed by atoms with van der Waals surface area (Å²) in [6.07, 6.45) is 1.14. The molecule has 2 N–H and O–H groups in total. The fourth-order valence-corrected chi connectivity index (χ4v) is 1.94. The second-order valence-corrected chi connectivity index (χ2v) is 5.19. The molecule has 1 atom stereocenters. The van der Waals surface area contributed by atoms with Crippen LogP contribution in [0, 0.1) is 5.92 Å². The van der Waals surface area contributed by atoms with Crippen molar-refractivity contribution >= 4 is 17.3 Å². The molecular weight excluding hydrogens is 228 g/mol. The third kappa shape index (κ3) is 4.73. The molecule has 0 bridgehead atoms. The summed E-state index contributed by atoms with van der Waals surface area (Å²) < 4.78 is 0. The molecule has 0 unspecified atom stereocenters. The van der Waals surface area contributed by atoms with Crippen molar-refractivity contribution in [1.29, 1.82) is 0 Å². The summed E-state index contributed by atoms with van der Waals surface area (Å²) in [6.45, 7) is 6.59. The van der Waals surface area contributed by atoms with Crippen molar-refractivity contribution in [3.05, 3.63) is 35.4 Å². The minimum atomic E-state index is 0.239. The Morgan fingerprint density at radius 1 is 1.18 bits per heavy atom. The van der Waals surface area contributed by atoms with Crippen molar-refractivity contribution in [1.82, 2.24) is 10.6 Å². The van der Waals surface area contributed by atoms with Crippen LogP contribution >= 0.6 is 12.2 Å². The Kier molecular flexibility index (Phi) is 5.42. The van der Waals surface area contributed by atoms with Crippen LogP contribution in [0.2, 0.25) is 0 Å². The van der Waals surface area contributed by atoms with E-state index in [1.807, 2.05) is 7.05 Å². The van der Waals surface area contributed by atoms with Crippen LogP contribution < -0.4 is 10.6 Å². The lowest BCUT2D eigenvalue weighted by Crippen LogP contribution is -2.34. The third-order valence-electron chi connectivity index (χ3n) is 2.70. The van der Waals surface area contributed by atoms with Crippen molar-refractivity contribution in [2.75, 3.05) is 7.05 Å². The first-order valence-electron chi connectivity index (χ1n) is 6.10. The highest BCUT2D eigenvalue weighted by molar-refractivity contribution is 7.80. The average Bonchev–Trinajstić information content (AvgIpc) is 2.28. The van der Waals surface area contributed by atoms with Crippen LogP contribution in [0.15, 0.2) is 24.3 Å². The Morgan fingerprint density at radius 2 is 1.76 bits per heavy atom. The molecular formula is C14H22N2S. The molecule has 0 saturated heterocycles. The zero-order valence-electron chi connectivity index (χ0n) is 11.1. The monoisotopic (exact) mass is 250 g/mol. The molecule has 0 aromatic heterocycles. The summed E-state index contributed by atoms with van der Waals surface area (Å²) >= 11 is 5.09. The molecule has 0 aliphatic heterocycles. The van der Waals surface area contributed by atoms with Crippen molar-refractivity contribution in [2.24, 2.45) is 5.92 Å². The molecule has 1 aromatic carbocycles. The molecule has 0 radical (unpaired) electrons. The van der Waals surface area contributed by atoms with Gasteiger partial charge in [-0.25, -0.2) is 0 Å². The van der Waals surface area contributed by atoms with Gasteiger partial charge in [-0.2, -0.15) is 0 Å². The molecule has 17 heavy (non-hydrogen) atoms. The SMILES string of the molecule is CNC(=S)N[C@H](C)c1ccc(CC(C)C)cc1. The van der Waals surface area contributed by atoms with E-state index < -0.39 is 0 Å². The van der Waals surface area contributed by atoms with Crippen molar-refractivity contribution in [3.8, 4) is 0 Å². The van der Waals surface area contributed by atoms with E-state index in [2.05, 4.69) is 55.7 Å². The summed E-state index contributed by atoms with van der Waals surface area (Å²) in [5.74, 6) is 0.702. The van der Waals surface area contributed by atoms with Crippen LogP contribution in [0.4, 0.5) is 0 Å². The Hall–Kier alpha value is -1.09. The van der Waals surface area contributed by atoms with Crippen LogP contribution in [0.5, 0.6) is 0 Å². The normalized spacial score (nSPS) is 12.3. The summed E-state index contributed by atoms with van der Waals surface area (Å²) in [5, 5.41) is 6.83. The first-order valence-corrected chi connectivity index (χ1v) is 6.50. The minimum Gasteiger partial charge on any atom is -0.366 e. The lowest BCUT2D eigenvalue weighted by molar-refractivity contribution is 0.646. The summed E-state index contributed by atoms with van der Waals surface area (Å²) in [5.41, 5.74) is 2.65. The predicted molar refractivity (Wildman–Crippen MR) is 78.2 cm³/mol. The van der Waals surface area contributed by atoms with Gasteiger partial charge in [-0.1, -0.05) is 38.1 Å². The first-order chi connectivity index (χ1) is 8.02. The van der Waals surface area contributed by atoms with E-state index in [-0.39, 0.29) is 6.04 Å². The first kappa shape index (κ1) is 14.0. The Bertz CT molecular complexity index is 357. The maximum absolute atomic E-state index is 5.09. The van der Waals surface area contributed by atoms with E-state index >= 15 is 0 Å². The number of nitrogens with one attached hydrogen (secondary N) is 2. The van der Waals surface area contributed by atoms with Crippen molar-refractivity contribution in [3.63, 3.8) is 0 Å². The number of benzene rings is 1. The van der Waals surface area contributed by atoms with Gasteiger partial charge in [-0.05, 0) is 42.6 Å². The lowest BCUT2D eigenvalue weighted by atomic mass is 10.00. The molecule has 0 saturated carbocycles. The maximum atomic E-state index is 5.09. The topological polar surface area (TPSA) is 24.1 Å². The summed E-state index contributed by atoms with van der Waals surface area (Å²) in [6, 6.07) is 9.00. The highest BCUT2D eigenvalue weighted by Gasteiger charge is 2.06. The summed E-state index contributed by atoms with van der Waals surface area (Å²) in [4.78, 5) is 0. The van der Waals surface area contributed by atoms with Gasteiger partial charge in [0, 0.05) is 7.05 Å². The van der Waals surface area contributed by atoms with Gasteiger partial charge in [0.15, 0.2) is 5.11 Å². The van der Waals surface area contributed by atoms with Crippen LogP contribution in [0.25, 0.3) is 0 Å². The Balaban J connectivity index is 2.63. The van der Waals surface area contributed by atoms with Gasteiger partial charge in [-0.3, -0.25) is 0 Å². The second-order valence-electron chi connectivity index (χ2n) is 4.78. The highest BCUT2D eigenvalue weighted by Crippen LogP contribution is 2.15. The molecule has 1 rings (SSSR count). The Morgan fingerprint density at radius 3 is 2.24 bits per heavy atom. The van der Waals surface area contributed by atoms with Gasteiger partial charge in [0.05, 0.1) is 6.04 Å². The molecule has 0 spiro atoms. The van der Waals surface area contributed by atoms with E-state index in [1.165, 1.54) is 11.1 Å². The van der Waals surface area contributed by atoms with Crippen LogP contribution in [-0.2, 0) is 6.42 Å². The molecule has 94 valence electrons. The quantitative estimate of drug-likeness (QED) is 0.803. The number of thiocarbonyl (C=S) groups is 1. The van der Waals surface area contributed by atoms with E-state index in [4.69, 9.17) is 12.2 Å². The van der Waals surface area contributed by atoms with Gasteiger partial charge in [-0.15, -0.1) is 0 Å². The fraction of sp³-hybridized carbons (Fsp3) is 0.500. The average molecular weight is 250 g/mol. The van der Waals surface area contributed by atoms with Gasteiger partial charge in [0.25, 0.3) is 0 Å². The lowest BCUT2D eigenvalue weighted by Gasteiger charge is -2.16. The zero-order valence-corrected chi connectivity index (χ0v) is 11.9. The molecule has 1 aromatic rings.